The van der Waals surface area contributed by atoms with Gasteiger partial charge in [0.25, 0.3) is 0 Å². The van der Waals surface area contributed by atoms with E-state index in [-0.39, 0.29) is 6.04 Å². The van der Waals surface area contributed by atoms with Crippen LogP contribution in [-0.4, -0.2) is 31.1 Å². The lowest BCUT2D eigenvalue weighted by molar-refractivity contribution is 0.320. The summed E-state index contributed by atoms with van der Waals surface area (Å²) in [6.45, 7) is 2.80. The molecule has 1 atom stereocenters. The monoisotopic (exact) mass is 334 g/mol. The Balaban J connectivity index is 1.80. The van der Waals surface area contributed by atoms with Crippen molar-refractivity contribution in [2.24, 2.45) is 4.99 Å². The first-order chi connectivity index (χ1) is 11.6. The van der Waals surface area contributed by atoms with Crippen LogP contribution in [0.5, 0.6) is 5.75 Å². The molecule has 0 saturated heterocycles. The molecule has 0 spiro atoms. The molecule has 24 heavy (non-hydrogen) atoms. The normalized spacial score (nSPS) is 12.6. The molecule has 0 aliphatic heterocycles. The quantitative estimate of drug-likeness (QED) is 0.484. The molecular formula is C17H20F2N4O. The number of hydrogen-bond donors (Lipinski definition) is 2. The van der Waals surface area contributed by atoms with E-state index < -0.39 is 11.6 Å². The Bertz CT molecular complexity index is 680. The van der Waals surface area contributed by atoms with Gasteiger partial charge >= 0.3 is 0 Å². The summed E-state index contributed by atoms with van der Waals surface area (Å²) in [6.07, 6.45) is 3.31. The zero-order valence-electron chi connectivity index (χ0n) is 13.6. The van der Waals surface area contributed by atoms with Crippen LogP contribution in [0.15, 0.2) is 47.7 Å². The van der Waals surface area contributed by atoms with Gasteiger partial charge in [0.05, 0.1) is 18.8 Å². The number of guanidine groups is 1. The lowest BCUT2D eigenvalue weighted by atomic mass is 10.1. The molecule has 0 saturated carbocycles. The largest absolute Gasteiger partial charge is 0.490 e. The Morgan fingerprint density at radius 1 is 1.29 bits per heavy atom. The minimum Gasteiger partial charge on any atom is -0.490 e. The smallest absolute Gasteiger partial charge is 0.191 e. The number of halogens is 2. The van der Waals surface area contributed by atoms with Gasteiger partial charge in [-0.1, -0.05) is 6.07 Å². The maximum absolute atomic E-state index is 13.3. The van der Waals surface area contributed by atoms with Crippen LogP contribution in [0.2, 0.25) is 0 Å². The Hall–Kier alpha value is -2.70. The SMILES string of the molecule is CN=C(NCCOc1cccnc1)NC(C)c1ccc(F)c(F)c1. The zero-order chi connectivity index (χ0) is 17.4. The van der Waals surface area contributed by atoms with Crippen LogP contribution >= 0.6 is 0 Å². The van der Waals surface area contributed by atoms with Gasteiger partial charge in [-0.25, -0.2) is 8.78 Å². The first-order valence-corrected chi connectivity index (χ1v) is 7.55. The molecule has 0 radical (unpaired) electrons. The summed E-state index contributed by atoms with van der Waals surface area (Å²) in [5.41, 5.74) is 0.628. The number of aliphatic imine (C=N–C) groups is 1. The lowest BCUT2D eigenvalue weighted by Gasteiger charge is -2.18. The van der Waals surface area contributed by atoms with Crippen LogP contribution < -0.4 is 15.4 Å². The van der Waals surface area contributed by atoms with E-state index in [1.54, 1.807) is 25.5 Å². The van der Waals surface area contributed by atoms with Gasteiger partial charge in [0.15, 0.2) is 17.6 Å². The summed E-state index contributed by atoms with van der Waals surface area (Å²) in [5.74, 6) is -0.491. The van der Waals surface area contributed by atoms with Gasteiger partial charge < -0.3 is 15.4 Å². The van der Waals surface area contributed by atoms with Crippen LogP contribution in [0.4, 0.5) is 8.78 Å². The van der Waals surface area contributed by atoms with Crippen LogP contribution in [0, 0.1) is 11.6 Å². The fourth-order valence-electron chi connectivity index (χ4n) is 2.04. The van der Waals surface area contributed by atoms with Crippen molar-refractivity contribution in [1.82, 2.24) is 15.6 Å². The summed E-state index contributed by atoms with van der Waals surface area (Å²) in [7, 11) is 1.63. The fraction of sp³-hybridized carbons (Fsp3) is 0.294. The van der Waals surface area contributed by atoms with Gasteiger partial charge in [-0.2, -0.15) is 0 Å². The van der Waals surface area contributed by atoms with Gasteiger partial charge in [0, 0.05) is 13.2 Å². The van der Waals surface area contributed by atoms with Crippen LogP contribution in [0.3, 0.4) is 0 Å². The van der Waals surface area contributed by atoms with E-state index in [2.05, 4.69) is 20.6 Å². The second kappa shape index (κ2) is 8.81. The van der Waals surface area contributed by atoms with Crippen molar-refractivity contribution in [2.45, 2.75) is 13.0 Å². The molecule has 1 aromatic carbocycles. The fourth-order valence-corrected chi connectivity index (χ4v) is 2.04. The average molecular weight is 334 g/mol. The molecule has 5 nitrogen and oxygen atoms in total. The number of benzene rings is 1. The molecule has 1 aromatic heterocycles. The third kappa shape index (κ3) is 5.19. The highest BCUT2D eigenvalue weighted by molar-refractivity contribution is 5.80. The van der Waals surface area contributed by atoms with Crippen molar-refractivity contribution < 1.29 is 13.5 Å². The van der Waals surface area contributed by atoms with Crippen molar-refractivity contribution in [2.75, 3.05) is 20.2 Å². The molecular weight excluding hydrogens is 314 g/mol. The molecule has 1 unspecified atom stereocenters. The Morgan fingerprint density at radius 3 is 2.79 bits per heavy atom. The molecule has 0 bridgehead atoms. The standard InChI is InChI=1S/C17H20F2N4O/c1-12(13-5-6-15(18)16(19)10-13)23-17(20-2)22-8-9-24-14-4-3-7-21-11-14/h3-7,10-12H,8-9H2,1-2H3,(H2,20,22,23). The number of pyridine rings is 1. The molecule has 0 amide bonds. The number of rotatable bonds is 6. The number of ether oxygens (including phenoxy) is 1. The van der Waals surface area contributed by atoms with Gasteiger partial charge in [-0.3, -0.25) is 9.98 Å². The van der Waals surface area contributed by atoms with E-state index in [0.29, 0.717) is 30.4 Å². The van der Waals surface area contributed by atoms with Crippen molar-refractivity contribution in [1.29, 1.82) is 0 Å². The summed E-state index contributed by atoms with van der Waals surface area (Å²) in [6, 6.07) is 7.21. The Morgan fingerprint density at radius 2 is 2.12 bits per heavy atom. The lowest BCUT2D eigenvalue weighted by Crippen LogP contribution is -2.40. The molecule has 2 N–H and O–H groups in total. The summed E-state index contributed by atoms with van der Waals surface area (Å²) < 4.78 is 31.8. The molecule has 7 heteroatoms. The predicted molar refractivity (Wildman–Crippen MR) is 89.0 cm³/mol. The highest BCUT2D eigenvalue weighted by Gasteiger charge is 2.10. The number of nitrogens with one attached hydrogen (secondary N) is 2. The number of nitrogens with zero attached hydrogens (tertiary/aromatic N) is 2. The van der Waals surface area contributed by atoms with Gasteiger partial charge in [0.2, 0.25) is 0 Å². The van der Waals surface area contributed by atoms with Crippen molar-refractivity contribution in [3.8, 4) is 5.75 Å². The highest BCUT2D eigenvalue weighted by atomic mass is 19.2. The van der Waals surface area contributed by atoms with Crippen molar-refractivity contribution in [3.63, 3.8) is 0 Å². The summed E-state index contributed by atoms with van der Waals surface area (Å²) in [4.78, 5) is 8.06. The van der Waals surface area contributed by atoms with E-state index in [1.165, 1.54) is 12.1 Å². The van der Waals surface area contributed by atoms with Gasteiger partial charge in [-0.05, 0) is 36.8 Å². The summed E-state index contributed by atoms with van der Waals surface area (Å²) >= 11 is 0. The number of hydrogen-bond acceptors (Lipinski definition) is 3. The van der Waals surface area contributed by atoms with Gasteiger partial charge in [-0.15, -0.1) is 0 Å². The minimum absolute atomic E-state index is 0.231. The molecule has 0 fully saturated rings. The minimum atomic E-state index is -0.867. The first-order valence-electron chi connectivity index (χ1n) is 7.55. The topological polar surface area (TPSA) is 58.5 Å². The molecule has 0 aliphatic carbocycles. The van der Waals surface area contributed by atoms with Crippen LogP contribution in [0.25, 0.3) is 0 Å². The second-order valence-corrected chi connectivity index (χ2v) is 5.08. The molecule has 2 rings (SSSR count). The second-order valence-electron chi connectivity index (χ2n) is 5.08. The van der Waals surface area contributed by atoms with E-state index >= 15 is 0 Å². The summed E-state index contributed by atoms with van der Waals surface area (Å²) in [5, 5.41) is 6.20. The maximum atomic E-state index is 13.3. The predicted octanol–water partition coefficient (Wildman–Crippen LogP) is 2.66. The Labute approximate surface area is 139 Å². The molecule has 0 aliphatic rings. The third-order valence-electron chi connectivity index (χ3n) is 3.32. The maximum Gasteiger partial charge on any atom is 0.191 e. The number of aromatic nitrogens is 1. The van der Waals surface area contributed by atoms with Crippen LogP contribution in [-0.2, 0) is 0 Å². The third-order valence-corrected chi connectivity index (χ3v) is 3.32. The van der Waals surface area contributed by atoms with E-state index in [1.807, 2.05) is 13.0 Å². The molecule has 128 valence electrons. The van der Waals surface area contributed by atoms with E-state index in [0.717, 1.165) is 6.07 Å². The van der Waals surface area contributed by atoms with E-state index in [4.69, 9.17) is 4.74 Å². The zero-order valence-corrected chi connectivity index (χ0v) is 13.6. The van der Waals surface area contributed by atoms with E-state index in [9.17, 15) is 8.78 Å². The van der Waals surface area contributed by atoms with Crippen LogP contribution in [0.1, 0.15) is 18.5 Å². The first kappa shape index (κ1) is 17.7. The van der Waals surface area contributed by atoms with Gasteiger partial charge in [0.1, 0.15) is 12.4 Å². The molecule has 1 heterocycles. The molecule has 2 aromatic rings. The van der Waals surface area contributed by atoms with Crippen molar-refractivity contribution >= 4 is 5.96 Å². The average Bonchev–Trinajstić information content (AvgIpc) is 2.60. The highest BCUT2D eigenvalue weighted by Crippen LogP contribution is 2.15. The Kier molecular flexibility index (Phi) is 6.48. The van der Waals surface area contributed by atoms with Crippen molar-refractivity contribution in [3.05, 3.63) is 59.9 Å².